The summed E-state index contributed by atoms with van der Waals surface area (Å²) < 4.78 is 36.3. The first-order chi connectivity index (χ1) is 13.9. The highest BCUT2D eigenvalue weighted by molar-refractivity contribution is 7.90. The second kappa shape index (κ2) is 8.74. The Kier molecular flexibility index (Phi) is 6.13. The van der Waals surface area contributed by atoms with Gasteiger partial charge in [0.05, 0.1) is 12.0 Å². The van der Waals surface area contributed by atoms with Crippen LogP contribution in [-0.2, 0) is 30.9 Å². The average molecular weight is 417 g/mol. The number of benzene rings is 2. The van der Waals surface area contributed by atoms with Crippen LogP contribution in [0.15, 0.2) is 58.4 Å². The molecule has 1 aliphatic heterocycles. The zero-order chi connectivity index (χ0) is 20.9. The van der Waals surface area contributed by atoms with Crippen molar-refractivity contribution in [2.24, 2.45) is 4.99 Å². The molecule has 1 aliphatic rings. The Balaban J connectivity index is 1.49. The second-order valence-electron chi connectivity index (χ2n) is 6.02. The minimum absolute atomic E-state index is 0.0678. The lowest BCUT2D eigenvalue weighted by Gasteiger charge is -2.09. The van der Waals surface area contributed by atoms with Gasteiger partial charge in [0.1, 0.15) is 18.1 Å². The van der Waals surface area contributed by atoms with E-state index >= 15 is 0 Å². The van der Waals surface area contributed by atoms with Gasteiger partial charge < -0.3 is 14.8 Å². The third-order valence-electron chi connectivity index (χ3n) is 4.06. The fraction of sp³-hybridized carbons (Fsp3) is 0.211. The van der Waals surface area contributed by atoms with Gasteiger partial charge in [-0.25, -0.2) is 8.42 Å². The Morgan fingerprint density at radius 2 is 1.83 bits per heavy atom. The van der Waals surface area contributed by atoms with E-state index < -0.39 is 35.1 Å². The largest absolute Gasteiger partial charge is 0.496 e. The summed E-state index contributed by atoms with van der Waals surface area (Å²) in [4.78, 5) is 27.8. The highest BCUT2D eigenvalue weighted by atomic mass is 32.2. The number of ether oxygens (including phenoxy) is 2. The lowest BCUT2D eigenvalue weighted by molar-refractivity contribution is -0.147. The molecule has 0 bridgehead atoms. The highest BCUT2D eigenvalue weighted by Gasteiger charge is 2.30. The minimum atomic E-state index is -3.68. The fourth-order valence-electron chi connectivity index (χ4n) is 2.68. The summed E-state index contributed by atoms with van der Waals surface area (Å²) in [6, 6.07) is 13.5. The highest BCUT2D eigenvalue weighted by Crippen LogP contribution is 2.22. The number of esters is 1. The SMILES string of the molecule is COc1ccccc1CNC(=O)COC(=O)CN=C1NS(=O)(=O)c2ccccc21. The van der Waals surface area contributed by atoms with E-state index in [0.29, 0.717) is 11.3 Å². The third kappa shape index (κ3) is 4.91. The molecule has 2 N–H and O–H groups in total. The van der Waals surface area contributed by atoms with Crippen LogP contribution < -0.4 is 14.8 Å². The van der Waals surface area contributed by atoms with Gasteiger partial charge in [-0.3, -0.25) is 19.3 Å². The van der Waals surface area contributed by atoms with Crippen LogP contribution in [0.2, 0.25) is 0 Å². The van der Waals surface area contributed by atoms with Crippen molar-refractivity contribution >= 4 is 27.7 Å². The van der Waals surface area contributed by atoms with Gasteiger partial charge in [-0.2, -0.15) is 0 Å². The average Bonchev–Trinajstić information content (AvgIpc) is 2.99. The molecule has 0 aliphatic carbocycles. The van der Waals surface area contributed by atoms with Gasteiger partial charge in [0.2, 0.25) is 0 Å². The maximum absolute atomic E-state index is 12.0. The summed E-state index contributed by atoms with van der Waals surface area (Å²) in [6.07, 6.45) is 0. The topological polar surface area (TPSA) is 123 Å². The molecule has 0 unspecified atom stereocenters. The van der Waals surface area contributed by atoms with E-state index in [4.69, 9.17) is 9.47 Å². The smallest absolute Gasteiger partial charge is 0.328 e. The van der Waals surface area contributed by atoms with Gasteiger partial charge in [0, 0.05) is 17.7 Å². The summed E-state index contributed by atoms with van der Waals surface area (Å²) in [6.45, 7) is -0.672. The van der Waals surface area contributed by atoms with Gasteiger partial charge >= 0.3 is 5.97 Å². The number of nitrogens with one attached hydrogen (secondary N) is 2. The Morgan fingerprint density at radius 3 is 2.62 bits per heavy atom. The molecule has 9 nitrogen and oxygen atoms in total. The zero-order valence-electron chi connectivity index (χ0n) is 15.5. The van der Waals surface area contributed by atoms with Gasteiger partial charge in [0.25, 0.3) is 15.9 Å². The van der Waals surface area contributed by atoms with Gasteiger partial charge in [0.15, 0.2) is 6.61 Å². The summed E-state index contributed by atoms with van der Waals surface area (Å²) in [5.41, 5.74) is 1.17. The first-order valence-electron chi connectivity index (χ1n) is 8.61. The predicted molar refractivity (Wildman–Crippen MR) is 104 cm³/mol. The molecular weight excluding hydrogens is 398 g/mol. The van der Waals surface area contributed by atoms with Crippen LogP contribution in [0.3, 0.4) is 0 Å². The van der Waals surface area contributed by atoms with E-state index in [1.54, 1.807) is 24.3 Å². The quantitative estimate of drug-likeness (QED) is 0.636. The second-order valence-corrected chi connectivity index (χ2v) is 7.67. The Morgan fingerprint density at radius 1 is 1.10 bits per heavy atom. The number of sulfonamides is 1. The number of carbonyl (C=O) groups is 2. The predicted octanol–water partition coefficient (Wildman–Crippen LogP) is 0.593. The number of hydrogen-bond donors (Lipinski definition) is 2. The Bertz CT molecular complexity index is 1070. The van der Waals surface area contributed by atoms with E-state index in [2.05, 4.69) is 15.0 Å². The molecule has 0 radical (unpaired) electrons. The normalized spacial score (nSPS) is 15.3. The van der Waals surface area contributed by atoms with Crippen molar-refractivity contribution in [3.63, 3.8) is 0 Å². The molecule has 0 aromatic heterocycles. The minimum Gasteiger partial charge on any atom is -0.496 e. The van der Waals surface area contributed by atoms with Crippen LogP contribution in [0.25, 0.3) is 0 Å². The molecule has 1 amide bonds. The first kappa shape index (κ1) is 20.3. The number of carbonyl (C=O) groups excluding carboxylic acids is 2. The van der Waals surface area contributed by atoms with E-state index in [-0.39, 0.29) is 17.3 Å². The Hall–Kier alpha value is -3.40. The third-order valence-corrected chi connectivity index (χ3v) is 5.46. The van der Waals surface area contributed by atoms with Gasteiger partial charge in [-0.1, -0.05) is 30.3 Å². The molecule has 0 saturated carbocycles. The number of methoxy groups -OCH3 is 1. The number of para-hydroxylation sites is 1. The van der Waals surface area contributed by atoms with Crippen molar-refractivity contribution in [1.82, 2.24) is 10.0 Å². The molecule has 0 spiro atoms. The Labute approximate surface area is 167 Å². The van der Waals surface area contributed by atoms with Crippen molar-refractivity contribution in [1.29, 1.82) is 0 Å². The van der Waals surface area contributed by atoms with Crippen molar-refractivity contribution in [3.05, 3.63) is 59.7 Å². The summed E-state index contributed by atoms with van der Waals surface area (Å²) >= 11 is 0. The molecular formula is C19H19N3O6S. The molecule has 2 aromatic carbocycles. The first-order valence-corrected chi connectivity index (χ1v) is 10.1. The van der Waals surface area contributed by atoms with Crippen LogP contribution in [0.4, 0.5) is 0 Å². The molecule has 2 aromatic rings. The number of fused-ring (bicyclic) bond motifs is 1. The molecule has 1 heterocycles. The number of hydrogen-bond acceptors (Lipinski definition) is 7. The fourth-order valence-corrected chi connectivity index (χ4v) is 3.93. The number of amidine groups is 1. The number of rotatable bonds is 7. The number of nitrogens with zero attached hydrogens (tertiary/aromatic N) is 1. The number of amides is 1. The molecule has 0 fully saturated rings. The van der Waals surface area contributed by atoms with E-state index in [1.807, 2.05) is 18.2 Å². The molecule has 3 rings (SSSR count). The van der Waals surface area contributed by atoms with Crippen molar-refractivity contribution in [2.45, 2.75) is 11.4 Å². The summed E-state index contributed by atoms with van der Waals surface area (Å²) in [5.74, 6) is -0.532. The molecule has 0 saturated heterocycles. The summed E-state index contributed by atoms with van der Waals surface area (Å²) in [5, 5.41) is 2.63. The molecule has 10 heteroatoms. The standard InChI is InChI=1S/C19H19N3O6S/c1-27-15-8-4-2-6-13(15)10-20-17(23)12-28-18(24)11-21-19-14-7-3-5-9-16(14)29(25,26)22-19/h2-9H,10-12H2,1H3,(H,20,23)(H,21,22). The van der Waals surface area contributed by atoms with Gasteiger partial charge in [-0.15, -0.1) is 0 Å². The van der Waals surface area contributed by atoms with Crippen LogP contribution in [-0.4, -0.2) is 46.4 Å². The van der Waals surface area contributed by atoms with Crippen LogP contribution >= 0.6 is 0 Å². The van der Waals surface area contributed by atoms with Crippen molar-refractivity contribution < 1.29 is 27.5 Å². The molecule has 0 atom stereocenters. The van der Waals surface area contributed by atoms with Crippen molar-refractivity contribution in [2.75, 3.05) is 20.3 Å². The van der Waals surface area contributed by atoms with Gasteiger partial charge in [-0.05, 0) is 18.2 Å². The maximum Gasteiger partial charge on any atom is 0.328 e. The van der Waals surface area contributed by atoms with Crippen LogP contribution in [0, 0.1) is 0 Å². The lowest BCUT2D eigenvalue weighted by Crippen LogP contribution is -2.29. The molecule has 152 valence electrons. The van der Waals surface area contributed by atoms with E-state index in [1.165, 1.54) is 13.2 Å². The number of aliphatic imine (C=N–C) groups is 1. The van der Waals surface area contributed by atoms with Crippen LogP contribution in [0.5, 0.6) is 5.75 Å². The van der Waals surface area contributed by atoms with E-state index in [0.717, 1.165) is 5.56 Å². The lowest BCUT2D eigenvalue weighted by atomic mass is 10.2. The zero-order valence-corrected chi connectivity index (χ0v) is 16.4. The van der Waals surface area contributed by atoms with Crippen molar-refractivity contribution in [3.8, 4) is 5.75 Å². The van der Waals surface area contributed by atoms with Crippen LogP contribution in [0.1, 0.15) is 11.1 Å². The summed E-state index contributed by atoms with van der Waals surface area (Å²) in [7, 11) is -2.14. The molecule has 29 heavy (non-hydrogen) atoms. The monoisotopic (exact) mass is 417 g/mol. The van der Waals surface area contributed by atoms with E-state index in [9.17, 15) is 18.0 Å². The maximum atomic E-state index is 12.0.